The van der Waals surface area contributed by atoms with Crippen LogP contribution in [0.2, 0.25) is 5.02 Å². The van der Waals surface area contributed by atoms with Gasteiger partial charge in [0.2, 0.25) is 0 Å². The highest BCUT2D eigenvalue weighted by molar-refractivity contribution is 6.30. The summed E-state index contributed by atoms with van der Waals surface area (Å²) >= 11 is 6.13. The third-order valence-electron chi connectivity index (χ3n) is 6.19. The highest BCUT2D eigenvalue weighted by atomic mass is 35.5. The predicted octanol–water partition coefficient (Wildman–Crippen LogP) is 6.24. The number of benzene rings is 1. The molecule has 0 spiro atoms. The SMILES string of the molecule is C[C@@H]1CN(C(=O)OC(C)(C)C)CCN1CC1=C(c2ccc(Cl)cc2)CC(C)(C)CC1. The highest BCUT2D eigenvalue weighted by Crippen LogP contribution is 2.43. The fourth-order valence-corrected chi connectivity index (χ4v) is 4.56. The zero-order chi connectivity index (χ0) is 22.1. The highest BCUT2D eigenvalue weighted by Gasteiger charge is 2.33. The largest absolute Gasteiger partial charge is 0.444 e. The van der Waals surface area contributed by atoms with Crippen molar-refractivity contribution in [2.75, 3.05) is 26.2 Å². The van der Waals surface area contributed by atoms with E-state index >= 15 is 0 Å². The first kappa shape index (κ1) is 23.1. The molecule has 1 fully saturated rings. The maximum Gasteiger partial charge on any atom is 0.410 e. The summed E-state index contributed by atoms with van der Waals surface area (Å²) in [6, 6.07) is 8.60. The smallest absolute Gasteiger partial charge is 0.410 e. The Morgan fingerprint density at radius 1 is 1.20 bits per heavy atom. The Morgan fingerprint density at radius 3 is 2.47 bits per heavy atom. The van der Waals surface area contributed by atoms with Crippen LogP contribution < -0.4 is 0 Å². The van der Waals surface area contributed by atoms with Gasteiger partial charge in [0.25, 0.3) is 0 Å². The van der Waals surface area contributed by atoms with E-state index in [9.17, 15) is 4.79 Å². The van der Waals surface area contributed by atoms with Gasteiger partial charge in [-0.15, -0.1) is 0 Å². The molecule has 30 heavy (non-hydrogen) atoms. The Balaban J connectivity index is 1.73. The van der Waals surface area contributed by atoms with Gasteiger partial charge in [0.05, 0.1) is 0 Å². The van der Waals surface area contributed by atoms with Crippen LogP contribution in [0.3, 0.4) is 0 Å². The summed E-state index contributed by atoms with van der Waals surface area (Å²) in [5, 5.41) is 0.780. The number of carbonyl (C=O) groups is 1. The van der Waals surface area contributed by atoms with E-state index in [-0.39, 0.29) is 6.09 Å². The Morgan fingerprint density at radius 2 is 1.87 bits per heavy atom. The lowest BCUT2D eigenvalue weighted by Gasteiger charge is -2.42. The third-order valence-corrected chi connectivity index (χ3v) is 6.44. The molecule has 1 amide bonds. The Hall–Kier alpha value is -1.52. The molecule has 0 aromatic heterocycles. The lowest BCUT2D eigenvalue weighted by Crippen LogP contribution is -2.54. The monoisotopic (exact) mass is 432 g/mol. The third kappa shape index (κ3) is 6.01. The van der Waals surface area contributed by atoms with E-state index in [4.69, 9.17) is 16.3 Å². The number of amides is 1. The lowest BCUT2D eigenvalue weighted by molar-refractivity contribution is 0.00694. The Labute approximate surface area is 187 Å². The molecule has 0 N–H and O–H groups in total. The standard InChI is InChI=1S/C25H37ClN2O2/c1-18-16-28(23(29)30-24(2,3)4)14-13-27(18)17-20-11-12-25(5,6)15-22(20)19-7-9-21(26)10-8-19/h7-10,18H,11-17H2,1-6H3/t18-/m1/s1. The molecule has 1 aromatic rings. The normalized spacial score (nSPS) is 22.9. The van der Waals surface area contributed by atoms with E-state index in [1.807, 2.05) is 37.8 Å². The number of allylic oxidation sites excluding steroid dienone is 1. The van der Waals surface area contributed by atoms with Crippen LogP contribution >= 0.6 is 11.6 Å². The Kier molecular flexibility index (Phi) is 6.88. The second-order valence-corrected chi connectivity index (χ2v) is 11.1. The summed E-state index contributed by atoms with van der Waals surface area (Å²) in [5.41, 5.74) is 4.17. The molecule has 4 nitrogen and oxygen atoms in total. The van der Waals surface area contributed by atoms with Gasteiger partial charge in [-0.1, -0.05) is 43.2 Å². The molecular weight excluding hydrogens is 396 g/mol. The van der Waals surface area contributed by atoms with Crippen LogP contribution in [0.15, 0.2) is 29.8 Å². The molecule has 3 rings (SSSR count). The lowest BCUT2D eigenvalue weighted by atomic mass is 9.72. The van der Waals surface area contributed by atoms with Crippen LogP contribution in [0.4, 0.5) is 4.79 Å². The van der Waals surface area contributed by atoms with Crippen LogP contribution in [0.25, 0.3) is 5.57 Å². The van der Waals surface area contributed by atoms with Crippen molar-refractivity contribution < 1.29 is 9.53 Å². The number of hydrogen-bond acceptors (Lipinski definition) is 3. The van der Waals surface area contributed by atoms with E-state index in [2.05, 4.69) is 37.8 Å². The molecule has 1 atom stereocenters. The maximum atomic E-state index is 12.5. The quantitative estimate of drug-likeness (QED) is 0.566. The molecule has 1 heterocycles. The van der Waals surface area contributed by atoms with E-state index in [1.54, 1.807) is 0 Å². The van der Waals surface area contributed by atoms with Crippen LogP contribution in [0, 0.1) is 5.41 Å². The second kappa shape index (κ2) is 8.92. The minimum atomic E-state index is -0.454. The minimum Gasteiger partial charge on any atom is -0.444 e. The number of rotatable bonds is 3. The van der Waals surface area contributed by atoms with Crippen molar-refractivity contribution in [1.29, 1.82) is 0 Å². The van der Waals surface area contributed by atoms with Gasteiger partial charge in [-0.3, -0.25) is 4.90 Å². The van der Waals surface area contributed by atoms with E-state index < -0.39 is 5.60 Å². The van der Waals surface area contributed by atoms with Crippen LogP contribution in [-0.4, -0.2) is 53.7 Å². The molecular formula is C25H37ClN2O2. The summed E-state index contributed by atoms with van der Waals surface area (Å²) in [7, 11) is 0. The molecule has 166 valence electrons. The van der Waals surface area contributed by atoms with Gasteiger partial charge in [0.1, 0.15) is 5.60 Å². The minimum absolute atomic E-state index is 0.200. The zero-order valence-electron chi connectivity index (χ0n) is 19.4. The van der Waals surface area contributed by atoms with Crippen LogP contribution in [0.1, 0.15) is 66.4 Å². The van der Waals surface area contributed by atoms with E-state index in [1.165, 1.54) is 23.1 Å². The predicted molar refractivity (Wildman–Crippen MR) is 125 cm³/mol. The number of halogens is 1. The zero-order valence-corrected chi connectivity index (χ0v) is 20.2. The van der Waals surface area contributed by atoms with Crippen molar-refractivity contribution in [3.63, 3.8) is 0 Å². The number of ether oxygens (including phenoxy) is 1. The first-order valence-electron chi connectivity index (χ1n) is 11.1. The van der Waals surface area contributed by atoms with E-state index in [0.717, 1.165) is 31.0 Å². The molecule has 1 aliphatic carbocycles. The van der Waals surface area contributed by atoms with Crippen LogP contribution in [0.5, 0.6) is 0 Å². The fraction of sp³-hybridized carbons (Fsp3) is 0.640. The molecule has 0 saturated carbocycles. The molecule has 0 unspecified atom stereocenters. The van der Waals surface area contributed by atoms with Crippen molar-refractivity contribution in [2.24, 2.45) is 5.41 Å². The van der Waals surface area contributed by atoms with Crippen molar-refractivity contribution in [3.8, 4) is 0 Å². The molecule has 1 saturated heterocycles. The first-order chi connectivity index (χ1) is 13.9. The van der Waals surface area contributed by atoms with Crippen molar-refractivity contribution in [2.45, 2.75) is 72.4 Å². The van der Waals surface area contributed by atoms with Gasteiger partial charge in [0, 0.05) is 37.2 Å². The molecule has 2 aliphatic rings. The topological polar surface area (TPSA) is 32.8 Å². The summed E-state index contributed by atoms with van der Waals surface area (Å²) in [5.74, 6) is 0. The number of piperazine rings is 1. The van der Waals surface area contributed by atoms with Gasteiger partial charge in [-0.05, 0) is 75.6 Å². The molecule has 0 radical (unpaired) electrons. The maximum absolute atomic E-state index is 12.5. The molecule has 0 bridgehead atoms. The van der Waals surface area contributed by atoms with E-state index in [0.29, 0.717) is 24.5 Å². The van der Waals surface area contributed by atoms with Gasteiger partial charge >= 0.3 is 6.09 Å². The number of nitrogens with zero attached hydrogens (tertiary/aromatic N) is 2. The van der Waals surface area contributed by atoms with Crippen molar-refractivity contribution >= 4 is 23.3 Å². The van der Waals surface area contributed by atoms with Crippen molar-refractivity contribution in [3.05, 3.63) is 40.4 Å². The number of hydrogen-bond donors (Lipinski definition) is 0. The summed E-state index contributed by atoms with van der Waals surface area (Å²) in [6.45, 7) is 16.0. The average molecular weight is 433 g/mol. The first-order valence-corrected chi connectivity index (χ1v) is 11.5. The number of carbonyl (C=O) groups excluding carboxylic acids is 1. The summed E-state index contributed by atoms with van der Waals surface area (Å²) in [4.78, 5) is 16.8. The molecule has 1 aromatic carbocycles. The fourth-order valence-electron chi connectivity index (χ4n) is 4.43. The summed E-state index contributed by atoms with van der Waals surface area (Å²) < 4.78 is 5.57. The van der Waals surface area contributed by atoms with Gasteiger partial charge in [-0.2, -0.15) is 0 Å². The van der Waals surface area contributed by atoms with Gasteiger partial charge in [0.15, 0.2) is 0 Å². The second-order valence-electron chi connectivity index (χ2n) is 10.7. The molecule has 1 aliphatic heterocycles. The average Bonchev–Trinajstić information content (AvgIpc) is 2.63. The van der Waals surface area contributed by atoms with Gasteiger partial charge < -0.3 is 9.64 Å². The molecule has 5 heteroatoms. The van der Waals surface area contributed by atoms with Gasteiger partial charge in [-0.25, -0.2) is 4.79 Å². The summed E-state index contributed by atoms with van der Waals surface area (Å²) in [6.07, 6.45) is 3.24. The van der Waals surface area contributed by atoms with Crippen LogP contribution in [-0.2, 0) is 4.74 Å². The Bertz CT molecular complexity index is 792. The van der Waals surface area contributed by atoms with Crippen molar-refractivity contribution in [1.82, 2.24) is 9.80 Å².